The normalized spacial score (nSPS) is 11.5. The summed E-state index contributed by atoms with van der Waals surface area (Å²) < 4.78 is 5.64. The first-order valence-electron chi connectivity index (χ1n) is 8.80. The van der Waals surface area contributed by atoms with Crippen LogP contribution in [0.5, 0.6) is 0 Å². The van der Waals surface area contributed by atoms with Crippen molar-refractivity contribution in [2.75, 3.05) is 20.2 Å². The molecule has 2 amide bonds. The van der Waals surface area contributed by atoms with Gasteiger partial charge in [-0.1, -0.05) is 28.1 Å². The number of carbonyl (C=O) groups excluding carboxylic acids is 3. The molecule has 0 aromatic heterocycles. The largest absolute Gasteiger partial charge is 0.469 e. The lowest BCUT2D eigenvalue weighted by Crippen LogP contribution is -2.32. The fraction of sp³-hybridized carbons (Fsp3) is 0.526. The molecule has 144 valence electrons. The summed E-state index contributed by atoms with van der Waals surface area (Å²) >= 11 is 3.37. The molecule has 1 N–H and O–H groups in total. The van der Waals surface area contributed by atoms with Crippen molar-refractivity contribution in [1.29, 1.82) is 0 Å². The zero-order valence-corrected chi connectivity index (χ0v) is 17.2. The van der Waals surface area contributed by atoms with E-state index in [1.165, 1.54) is 7.11 Å². The molecule has 0 aliphatic rings. The fourth-order valence-corrected chi connectivity index (χ4v) is 2.86. The number of hydrogen-bond acceptors (Lipinski definition) is 4. The molecule has 26 heavy (non-hydrogen) atoms. The molecule has 0 heterocycles. The van der Waals surface area contributed by atoms with Crippen molar-refractivity contribution in [3.8, 4) is 0 Å². The Labute approximate surface area is 163 Å². The van der Waals surface area contributed by atoms with Gasteiger partial charge in [0.15, 0.2) is 0 Å². The third kappa shape index (κ3) is 7.56. The first-order chi connectivity index (χ1) is 12.4. The zero-order valence-electron chi connectivity index (χ0n) is 15.6. The highest BCUT2D eigenvalue weighted by Gasteiger charge is 2.19. The second-order valence-electron chi connectivity index (χ2n) is 5.87. The lowest BCUT2D eigenvalue weighted by Gasteiger charge is -2.19. The van der Waals surface area contributed by atoms with Gasteiger partial charge in [-0.25, -0.2) is 0 Å². The SMILES string of the molecule is CCN(CC)C(=O)CCCC(=O)NC(CC(=O)OC)c1ccc(Br)cc1. The Morgan fingerprint density at radius 2 is 1.73 bits per heavy atom. The van der Waals surface area contributed by atoms with Crippen LogP contribution in [0.2, 0.25) is 0 Å². The van der Waals surface area contributed by atoms with Gasteiger partial charge in [0, 0.05) is 30.4 Å². The molecule has 0 radical (unpaired) electrons. The highest BCUT2D eigenvalue weighted by molar-refractivity contribution is 9.10. The summed E-state index contributed by atoms with van der Waals surface area (Å²) in [4.78, 5) is 37.6. The van der Waals surface area contributed by atoms with E-state index in [-0.39, 0.29) is 24.7 Å². The van der Waals surface area contributed by atoms with Crippen LogP contribution in [-0.2, 0) is 19.1 Å². The summed E-state index contributed by atoms with van der Waals surface area (Å²) in [5.41, 5.74) is 0.825. The van der Waals surface area contributed by atoms with Crippen molar-refractivity contribution in [3.05, 3.63) is 34.3 Å². The number of ether oxygens (including phenoxy) is 1. The van der Waals surface area contributed by atoms with Crippen LogP contribution >= 0.6 is 15.9 Å². The average Bonchev–Trinajstić information content (AvgIpc) is 2.62. The monoisotopic (exact) mass is 426 g/mol. The van der Waals surface area contributed by atoms with E-state index in [4.69, 9.17) is 4.74 Å². The van der Waals surface area contributed by atoms with Crippen LogP contribution < -0.4 is 5.32 Å². The molecule has 0 fully saturated rings. The molecule has 1 atom stereocenters. The highest BCUT2D eigenvalue weighted by atomic mass is 79.9. The minimum atomic E-state index is -0.457. The minimum absolute atomic E-state index is 0.0572. The maximum Gasteiger partial charge on any atom is 0.307 e. The van der Waals surface area contributed by atoms with Gasteiger partial charge in [0.2, 0.25) is 11.8 Å². The molecule has 0 saturated carbocycles. The maximum atomic E-state index is 12.3. The van der Waals surface area contributed by atoms with Crippen LogP contribution in [0.15, 0.2) is 28.7 Å². The molecular weight excluding hydrogens is 400 g/mol. The van der Waals surface area contributed by atoms with Crippen molar-refractivity contribution in [1.82, 2.24) is 10.2 Å². The van der Waals surface area contributed by atoms with E-state index in [1.54, 1.807) is 4.90 Å². The topological polar surface area (TPSA) is 75.7 Å². The van der Waals surface area contributed by atoms with Gasteiger partial charge in [-0.2, -0.15) is 0 Å². The summed E-state index contributed by atoms with van der Waals surface area (Å²) in [6.07, 6.45) is 1.12. The number of halogens is 1. The number of nitrogens with one attached hydrogen (secondary N) is 1. The quantitative estimate of drug-likeness (QED) is 0.582. The van der Waals surface area contributed by atoms with Gasteiger partial charge in [-0.3, -0.25) is 14.4 Å². The highest BCUT2D eigenvalue weighted by Crippen LogP contribution is 2.20. The van der Waals surface area contributed by atoms with Crippen molar-refractivity contribution in [3.63, 3.8) is 0 Å². The Bertz CT molecular complexity index is 600. The smallest absolute Gasteiger partial charge is 0.307 e. The van der Waals surface area contributed by atoms with Crippen LogP contribution in [0.4, 0.5) is 0 Å². The second-order valence-corrected chi connectivity index (χ2v) is 6.79. The molecule has 6 nitrogen and oxygen atoms in total. The number of hydrogen-bond donors (Lipinski definition) is 1. The summed E-state index contributed by atoms with van der Waals surface area (Å²) in [6, 6.07) is 6.95. The third-order valence-electron chi connectivity index (χ3n) is 4.12. The Hall–Kier alpha value is -1.89. The van der Waals surface area contributed by atoms with E-state index in [1.807, 2.05) is 38.1 Å². The van der Waals surface area contributed by atoms with E-state index in [0.29, 0.717) is 25.9 Å². The van der Waals surface area contributed by atoms with Gasteiger partial charge in [0.1, 0.15) is 0 Å². The van der Waals surface area contributed by atoms with Gasteiger partial charge in [-0.15, -0.1) is 0 Å². The van der Waals surface area contributed by atoms with Crippen molar-refractivity contribution >= 4 is 33.7 Å². The van der Waals surface area contributed by atoms with Crippen LogP contribution in [0.1, 0.15) is 51.1 Å². The molecule has 0 aliphatic carbocycles. The summed E-state index contributed by atoms with van der Waals surface area (Å²) in [6.45, 7) is 5.21. The maximum absolute atomic E-state index is 12.3. The number of nitrogens with zero attached hydrogens (tertiary/aromatic N) is 1. The first kappa shape index (κ1) is 22.2. The average molecular weight is 427 g/mol. The van der Waals surface area contributed by atoms with E-state index in [9.17, 15) is 14.4 Å². The lowest BCUT2D eigenvalue weighted by atomic mass is 10.0. The van der Waals surface area contributed by atoms with E-state index < -0.39 is 12.0 Å². The van der Waals surface area contributed by atoms with E-state index >= 15 is 0 Å². The number of esters is 1. The number of methoxy groups -OCH3 is 1. The molecule has 7 heteroatoms. The Morgan fingerprint density at radius 1 is 1.12 bits per heavy atom. The molecule has 1 aromatic rings. The van der Waals surface area contributed by atoms with Crippen LogP contribution in [0.3, 0.4) is 0 Å². The van der Waals surface area contributed by atoms with Crippen molar-refractivity contribution < 1.29 is 19.1 Å². The second kappa shape index (κ2) is 11.7. The molecule has 0 aliphatic heterocycles. The number of carbonyl (C=O) groups is 3. The first-order valence-corrected chi connectivity index (χ1v) is 9.59. The molecule has 0 spiro atoms. The summed E-state index contributed by atoms with van der Waals surface area (Å²) in [5, 5.41) is 2.87. The van der Waals surface area contributed by atoms with E-state index in [2.05, 4.69) is 21.2 Å². The predicted octanol–water partition coefficient (Wildman–Crippen LogP) is 3.21. The fourth-order valence-electron chi connectivity index (χ4n) is 2.60. The van der Waals surface area contributed by atoms with Gasteiger partial charge in [0.05, 0.1) is 19.6 Å². The lowest BCUT2D eigenvalue weighted by molar-refractivity contribution is -0.141. The third-order valence-corrected chi connectivity index (χ3v) is 4.65. The number of amides is 2. The van der Waals surface area contributed by atoms with Crippen molar-refractivity contribution in [2.45, 2.75) is 45.6 Å². The number of rotatable bonds is 10. The van der Waals surface area contributed by atoms with E-state index in [0.717, 1.165) is 10.0 Å². The van der Waals surface area contributed by atoms with Gasteiger partial charge in [-0.05, 0) is 38.0 Å². The Morgan fingerprint density at radius 3 is 2.27 bits per heavy atom. The predicted molar refractivity (Wildman–Crippen MR) is 103 cm³/mol. The van der Waals surface area contributed by atoms with Crippen LogP contribution in [0, 0.1) is 0 Å². The molecule has 0 bridgehead atoms. The molecule has 1 aromatic carbocycles. The summed E-state index contributed by atoms with van der Waals surface area (Å²) in [5.74, 6) is -0.522. The van der Waals surface area contributed by atoms with Gasteiger partial charge in [0.25, 0.3) is 0 Å². The van der Waals surface area contributed by atoms with Gasteiger partial charge >= 0.3 is 5.97 Å². The standard InChI is InChI=1S/C19H27BrN2O4/c1-4-22(5-2)18(24)8-6-7-17(23)21-16(13-19(25)26-3)14-9-11-15(20)12-10-14/h9-12,16H,4-8,13H2,1-3H3,(H,21,23). The molecule has 1 rings (SSSR count). The zero-order chi connectivity index (χ0) is 19.5. The molecule has 1 unspecified atom stereocenters. The number of benzene rings is 1. The van der Waals surface area contributed by atoms with Crippen molar-refractivity contribution in [2.24, 2.45) is 0 Å². The Balaban J connectivity index is 2.61. The van der Waals surface area contributed by atoms with Crippen LogP contribution in [-0.4, -0.2) is 42.9 Å². The Kier molecular flexibility index (Phi) is 9.95. The molecule has 0 saturated heterocycles. The van der Waals surface area contributed by atoms with Crippen LogP contribution in [0.25, 0.3) is 0 Å². The molecular formula is C19H27BrN2O4. The minimum Gasteiger partial charge on any atom is -0.469 e. The van der Waals surface area contributed by atoms with Gasteiger partial charge < -0.3 is 15.0 Å². The summed E-state index contributed by atoms with van der Waals surface area (Å²) in [7, 11) is 1.32.